The first kappa shape index (κ1) is 39.6. The number of nitrogens with zero attached hydrogens (tertiary/aromatic N) is 1. The molecule has 5 N–H and O–H groups in total. The number of anilines is 2. The quantitative estimate of drug-likeness (QED) is 0.0555. The minimum Gasteiger partial charge on any atom is -0.397 e. The van der Waals surface area contributed by atoms with Crippen molar-refractivity contribution in [3.05, 3.63) is 143 Å². The fourth-order valence-electron chi connectivity index (χ4n) is 7.06. The number of rotatable bonds is 17. The average molecular weight is 743 g/mol. The molecule has 0 saturated carbocycles. The van der Waals surface area contributed by atoms with Gasteiger partial charge in [-0.25, -0.2) is 0 Å². The van der Waals surface area contributed by atoms with Crippen LogP contribution in [0.5, 0.6) is 0 Å². The van der Waals surface area contributed by atoms with Crippen LogP contribution in [0.4, 0.5) is 11.4 Å². The third-order valence-corrected chi connectivity index (χ3v) is 10.6. The zero-order chi connectivity index (χ0) is 38.6. The number of fused-ring (bicyclic) bond motifs is 1. The Kier molecular flexibility index (Phi) is 14.1. The Labute approximate surface area is 324 Å². The van der Waals surface area contributed by atoms with Crippen LogP contribution in [0.3, 0.4) is 0 Å². The Hall–Kier alpha value is -5.06. The maximum absolute atomic E-state index is 12.6. The predicted molar refractivity (Wildman–Crippen MR) is 219 cm³/mol. The van der Waals surface area contributed by atoms with Crippen molar-refractivity contribution >= 4 is 34.0 Å². The molecule has 9 nitrogen and oxygen atoms in total. The van der Waals surface area contributed by atoms with Crippen LogP contribution in [-0.4, -0.2) is 41.5 Å². The normalized spacial score (nSPS) is 17.6. The molecule has 1 aliphatic heterocycles. The minimum atomic E-state index is -0.558. The molecule has 9 heteroatoms. The van der Waals surface area contributed by atoms with Crippen molar-refractivity contribution in [3.8, 4) is 0 Å². The van der Waals surface area contributed by atoms with Crippen molar-refractivity contribution < 1.29 is 24.2 Å². The van der Waals surface area contributed by atoms with Gasteiger partial charge in [-0.05, 0) is 78.0 Å². The van der Waals surface area contributed by atoms with Gasteiger partial charge in [-0.15, -0.1) is 0 Å². The van der Waals surface area contributed by atoms with Gasteiger partial charge in [0.1, 0.15) is 0 Å². The number of hydrogen-bond donors (Lipinski definition) is 4. The molecular weight excluding hydrogens is 689 g/mol. The Morgan fingerprint density at radius 1 is 0.782 bits per heavy atom. The summed E-state index contributed by atoms with van der Waals surface area (Å²) in [5.74, 6) is -0.0354. The molecule has 5 aromatic carbocycles. The molecule has 0 spiro atoms. The van der Waals surface area contributed by atoms with Gasteiger partial charge in [0.05, 0.1) is 30.2 Å². The topological polar surface area (TPSA) is 126 Å². The molecule has 288 valence electrons. The van der Waals surface area contributed by atoms with E-state index in [1.807, 2.05) is 60.7 Å². The van der Waals surface area contributed by atoms with Gasteiger partial charge in [-0.3, -0.25) is 14.5 Å². The van der Waals surface area contributed by atoms with Crippen LogP contribution in [0.25, 0.3) is 10.8 Å². The maximum Gasteiger partial charge on any atom is 0.224 e. The fourth-order valence-corrected chi connectivity index (χ4v) is 7.06. The first-order valence-electron chi connectivity index (χ1n) is 19.4. The number of para-hydroxylation sites is 2. The lowest BCUT2D eigenvalue weighted by atomic mass is 9.98. The number of likely N-dealkylation sites (N-methyl/N-ethyl adjacent to an activating group) is 1. The number of aliphatic hydroxyl groups is 1. The van der Waals surface area contributed by atoms with Gasteiger partial charge in [-0.1, -0.05) is 110 Å². The highest BCUT2D eigenvalue weighted by atomic mass is 16.7. The smallest absolute Gasteiger partial charge is 0.224 e. The van der Waals surface area contributed by atoms with E-state index in [0.29, 0.717) is 37.2 Å². The first-order chi connectivity index (χ1) is 26.7. The van der Waals surface area contributed by atoms with Gasteiger partial charge < -0.3 is 30.9 Å². The molecule has 0 aliphatic carbocycles. The summed E-state index contributed by atoms with van der Waals surface area (Å²) in [6.45, 7) is 3.40. The molecule has 5 aromatic rings. The van der Waals surface area contributed by atoms with Crippen LogP contribution in [0.15, 0.2) is 115 Å². The number of hydrogen-bond acceptors (Lipinski definition) is 7. The Balaban J connectivity index is 0.987. The van der Waals surface area contributed by atoms with Crippen LogP contribution < -0.4 is 16.4 Å². The van der Waals surface area contributed by atoms with Gasteiger partial charge in [0.2, 0.25) is 11.8 Å². The molecule has 0 radical (unpaired) electrons. The molecule has 6 rings (SSSR count). The summed E-state index contributed by atoms with van der Waals surface area (Å²) in [6.07, 6.45) is 4.06. The number of nitrogens with two attached hydrogens (primary N) is 1. The van der Waals surface area contributed by atoms with Crippen molar-refractivity contribution in [2.75, 3.05) is 24.6 Å². The molecule has 1 saturated heterocycles. The molecule has 0 unspecified atom stereocenters. The molecule has 0 aromatic heterocycles. The largest absolute Gasteiger partial charge is 0.397 e. The maximum atomic E-state index is 12.6. The number of benzene rings is 5. The number of ether oxygens (including phenoxy) is 2. The second kappa shape index (κ2) is 19.5. The third kappa shape index (κ3) is 11.2. The highest BCUT2D eigenvalue weighted by Gasteiger charge is 2.33. The molecule has 1 fully saturated rings. The lowest BCUT2D eigenvalue weighted by molar-refractivity contribution is -0.253. The zero-order valence-corrected chi connectivity index (χ0v) is 32.0. The Bertz CT molecular complexity index is 2000. The number of aliphatic hydroxyl groups excluding tert-OH is 1. The Morgan fingerprint density at radius 2 is 1.44 bits per heavy atom. The van der Waals surface area contributed by atoms with Crippen molar-refractivity contribution in [1.29, 1.82) is 0 Å². The highest BCUT2D eigenvalue weighted by molar-refractivity contribution is 5.93. The monoisotopic (exact) mass is 742 g/mol. The van der Waals surface area contributed by atoms with Crippen molar-refractivity contribution in [2.45, 2.75) is 89.6 Å². The summed E-state index contributed by atoms with van der Waals surface area (Å²) < 4.78 is 13.2. The average Bonchev–Trinajstić information content (AvgIpc) is 3.21. The standard InChI is InChI=1S/C46H54N4O5/c1-32(38-26-25-35-11-7-8-12-39(35)27-38)50(2)30-40-28-43(36-21-19-34(31-51)20-22-36)55-46(54-40)37-23-17-33(18-24-37)29-48-44(52)15-5-3-4-6-16-45(53)49-42-14-10-9-13-41(42)47/h7-14,17-27,32,40,43,46,51H,3-6,15-16,28-31,47H2,1-2H3,(H,48,52)(H,49,53)/t32-,40-,43+,46+/m1/s1. The van der Waals surface area contributed by atoms with E-state index in [4.69, 9.17) is 15.2 Å². The van der Waals surface area contributed by atoms with Gasteiger partial charge >= 0.3 is 0 Å². The second-order valence-corrected chi connectivity index (χ2v) is 14.6. The van der Waals surface area contributed by atoms with E-state index in [2.05, 4.69) is 72.0 Å². The van der Waals surface area contributed by atoms with E-state index in [0.717, 1.165) is 54.5 Å². The van der Waals surface area contributed by atoms with E-state index >= 15 is 0 Å². The lowest BCUT2D eigenvalue weighted by Gasteiger charge is -2.39. The van der Waals surface area contributed by atoms with Gasteiger partial charge in [0.25, 0.3) is 0 Å². The molecule has 1 aliphatic rings. The zero-order valence-electron chi connectivity index (χ0n) is 32.0. The predicted octanol–water partition coefficient (Wildman–Crippen LogP) is 8.75. The lowest BCUT2D eigenvalue weighted by Crippen LogP contribution is -2.38. The first-order valence-corrected chi connectivity index (χ1v) is 19.4. The summed E-state index contributed by atoms with van der Waals surface area (Å²) in [5, 5.41) is 18.0. The summed E-state index contributed by atoms with van der Waals surface area (Å²) in [7, 11) is 2.15. The number of nitrogen functional groups attached to an aromatic ring is 1. The van der Waals surface area contributed by atoms with Gasteiger partial charge in [-0.2, -0.15) is 0 Å². The van der Waals surface area contributed by atoms with Crippen molar-refractivity contribution in [3.63, 3.8) is 0 Å². The molecule has 2 amide bonds. The van der Waals surface area contributed by atoms with E-state index in [1.165, 1.54) is 16.3 Å². The van der Waals surface area contributed by atoms with Crippen LogP contribution in [0, 0.1) is 0 Å². The number of carbonyl (C=O) groups is 2. The number of nitrogens with one attached hydrogen (secondary N) is 2. The summed E-state index contributed by atoms with van der Waals surface area (Å²) in [4.78, 5) is 27.2. The number of carbonyl (C=O) groups excluding carboxylic acids is 2. The van der Waals surface area contributed by atoms with Crippen LogP contribution in [0.1, 0.15) is 98.1 Å². The third-order valence-electron chi connectivity index (χ3n) is 10.6. The van der Waals surface area contributed by atoms with E-state index in [-0.39, 0.29) is 36.7 Å². The van der Waals surface area contributed by atoms with Crippen LogP contribution in [0.2, 0.25) is 0 Å². The molecule has 1 heterocycles. The fraction of sp³-hybridized carbons (Fsp3) is 0.348. The Morgan fingerprint density at radius 3 is 2.16 bits per heavy atom. The number of amides is 2. The van der Waals surface area contributed by atoms with Gasteiger partial charge in [0.15, 0.2) is 6.29 Å². The van der Waals surface area contributed by atoms with Crippen molar-refractivity contribution in [1.82, 2.24) is 10.2 Å². The molecular formula is C46H54N4O5. The van der Waals surface area contributed by atoms with Gasteiger partial charge in [0, 0.05) is 44.0 Å². The van der Waals surface area contributed by atoms with E-state index in [1.54, 1.807) is 12.1 Å². The van der Waals surface area contributed by atoms with E-state index in [9.17, 15) is 14.7 Å². The summed E-state index contributed by atoms with van der Waals surface area (Å²) in [6, 6.07) is 38.5. The minimum absolute atomic E-state index is 0.00157. The summed E-state index contributed by atoms with van der Waals surface area (Å²) >= 11 is 0. The SMILES string of the molecule is C[C@H](c1ccc2ccccc2c1)N(C)C[C@H]1C[C@@H](c2ccc(CO)cc2)O[C@@H](c2ccc(CNC(=O)CCCCCCC(=O)Nc3ccccc3N)cc2)O1. The van der Waals surface area contributed by atoms with Crippen LogP contribution in [-0.2, 0) is 32.2 Å². The van der Waals surface area contributed by atoms with E-state index < -0.39 is 6.29 Å². The molecule has 4 atom stereocenters. The number of unbranched alkanes of at least 4 members (excludes halogenated alkanes) is 3. The van der Waals surface area contributed by atoms with Crippen LogP contribution >= 0.6 is 0 Å². The molecule has 55 heavy (non-hydrogen) atoms. The van der Waals surface area contributed by atoms with Crippen molar-refractivity contribution in [2.24, 2.45) is 0 Å². The second-order valence-electron chi connectivity index (χ2n) is 14.6. The highest BCUT2D eigenvalue weighted by Crippen LogP contribution is 2.39. The molecule has 0 bridgehead atoms. The summed E-state index contributed by atoms with van der Waals surface area (Å²) in [5.41, 5.74) is 12.2.